The van der Waals surface area contributed by atoms with Crippen LogP contribution >= 0.6 is 11.8 Å². The van der Waals surface area contributed by atoms with Gasteiger partial charge in [-0.2, -0.15) is 4.98 Å². The van der Waals surface area contributed by atoms with Gasteiger partial charge in [0.1, 0.15) is 5.03 Å². The van der Waals surface area contributed by atoms with E-state index in [2.05, 4.69) is 9.97 Å². The number of fused-ring (bicyclic) bond motifs is 1. The summed E-state index contributed by atoms with van der Waals surface area (Å²) < 4.78 is 1.79. The van der Waals surface area contributed by atoms with E-state index in [9.17, 15) is 9.59 Å². The van der Waals surface area contributed by atoms with E-state index < -0.39 is 0 Å². The number of thioether (sulfide) groups is 1. The molecule has 2 aliphatic rings. The van der Waals surface area contributed by atoms with Crippen LogP contribution in [-0.4, -0.2) is 44.2 Å². The fraction of sp³-hybridized carbons (Fsp3) is 0.500. The second kappa shape index (κ2) is 8.25. The first-order chi connectivity index (χ1) is 13.2. The van der Waals surface area contributed by atoms with E-state index in [0.717, 1.165) is 67.0 Å². The van der Waals surface area contributed by atoms with Gasteiger partial charge in [0.2, 0.25) is 5.91 Å². The third-order valence-electron chi connectivity index (χ3n) is 5.33. The third kappa shape index (κ3) is 4.08. The predicted molar refractivity (Wildman–Crippen MR) is 105 cm³/mol. The van der Waals surface area contributed by atoms with Crippen LogP contribution in [0.4, 0.5) is 0 Å². The van der Waals surface area contributed by atoms with E-state index in [0.29, 0.717) is 12.3 Å². The molecule has 7 heteroatoms. The molecule has 0 bridgehead atoms. The Kier molecular flexibility index (Phi) is 5.57. The van der Waals surface area contributed by atoms with Gasteiger partial charge < -0.3 is 4.90 Å². The number of hydrogen-bond donors (Lipinski definition) is 0. The van der Waals surface area contributed by atoms with Gasteiger partial charge in [-0.25, -0.2) is 4.79 Å². The summed E-state index contributed by atoms with van der Waals surface area (Å²) in [5, 5.41) is 0.754. The van der Waals surface area contributed by atoms with Crippen molar-refractivity contribution in [1.29, 1.82) is 0 Å². The van der Waals surface area contributed by atoms with E-state index in [-0.39, 0.29) is 11.6 Å². The molecule has 1 fully saturated rings. The summed E-state index contributed by atoms with van der Waals surface area (Å²) in [5.74, 6) is 0.530. The fourth-order valence-electron chi connectivity index (χ4n) is 3.90. The molecule has 2 aromatic heterocycles. The van der Waals surface area contributed by atoms with Crippen LogP contribution in [0.15, 0.2) is 34.3 Å². The standard InChI is InChI=1S/C20H24N4O2S/c25-18(23-11-2-1-3-12-23)14-27-19-16-5-4-6-17(16)24(20(26)22-19)13-15-7-9-21-10-8-15/h7-10H,1-6,11-14H2. The minimum absolute atomic E-state index is 0.161. The van der Waals surface area contributed by atoms with Gasteiger partial charge in [0.05, 0.1) is 12.3 Å². The maximum Gasteiger partial charge on any atom is 0.349 e. The van der Waals surface area contributed by atoms with Crippen molar-refractivity contribution in [3.8, 4) is 0 Å². The molecule has 0 spiro atoms. The summed E-state index contributed by atoms with van der Waals surface area (Å²) in [7, 11) is 0. The van der Waals surface area contributed by atoms with Crippen molar-refractivity contribution in [2.45, 2.75) is 50.1 Å². The molecule has 2 aromatic rings. The van der Waals surface area contributed by atoms with Crippen molar-refractivity contribution in [3.05, 3.63) is 51.8 Å². The molecule has 27 heavy (non-hydrogen) atoms. The van der Waals surface area contributed by atoms with Crippen LogP contribution in [0.1, 0.15) is 42.5 Å². The minimum atomic E-state index is -0.222. The van der Waals surface area contributed by atoms with Gasteiger partial charge in [-0.3, -0.25) is 14.3 Å². The van der Waals surface area contributed by atoms with Crippen LogP contribution < -0.4 is 5.69 Å². The first-order valence-electron chi connectivity index (χ1n) is 9.64. The van der Waals surface area contributed by atoms with Gasteiger partial charge in [0.25, 0.3) is 0 Å². The SMILES string of the molecule is O=C(CSc1nc(=O)n(Cc2ccncc2)c2c1CCC2)N1CCCCC1. The van der Waals surface area contributed by atoms with Crippen molar-refractivity contribution in [2.24, 2.45) is 0 Å². The highest BCUT2D eigenvalue weighted by molar-refractivity contribution is 7.99. The predicted octanol–water partition coefficient (Wildman–Crippen LogP) is 2.28. The zero-order chi connectivity index (χ0) is 18.6. The molecule has 0 aromatic carbocycles. The molecular weight excluding hydrogens is 360 g/mol. The molecule has 142 valence electrons. The molecule has 1 saturated heterocycles. The molecule has 1 amide bonds. The third-order valence-corrected chi connectivity index (χ3v) is 6.33. The first kappa shape index (κ1) is 18.2. The number of hydrogen-bond acceptors (Lipinski definition) is 5. The summed E-state index contributed by atoms with van der Waals surface area (Å²) in [5.41, 5.74) is 3.06. The summed E-state index contributed by atoms with van der Waals surface area (Å²) in [4.78, 5) is 35.5. The summed E-state index contributed by atoms with van der Waals surface area (Å²) in [6, 6.07) is 3.85. The summed E-state index contributed by atoms with van der Waals surface area (Å²) in [6.07, 6.45) is 9.73. The topological polar surface area (TPSA) is 68.1 Å². The number of likely N-dealkylation sites (tertiary alicyclic amines) is 1. The van der Waals surface area contributed by atoms with Gasteiger partial charge in [-0.15, -0.1) is 0 Å². The number of pyridine rings is 1. The number of carbonyl (C=O) groups excluding carboxylic acids is 1. The first-order valence-corrected chi connectivity index (χ1v) is 10.6. The second-order valence-corrected chi connectivity index (χ2v) is 8.11. The molecule has 0 atom stereocenters. The molecule has 3 heterocycles. The van der Waals surface area contributed by atoms with Crippen molar-refractivity contribution in [2.75, 3.05) is 18.8 Å². The van der Waals surface area contributed by atoms with Crippen molar-refractivity contribution < 1.29 is 4.79 Å². The van der Waals surface area contributed by atoms with E-state index >= 15 is 0 Å². The molecule has 0 unspecified atom stereocenters. The maximum absolute atomic E-state index is 12.7. The molecule has 1 aliphatic heterocycles. The number of amides is 1. The lowest BCUT2D eigenvalue weighted by atomic mass is 10.1. The molecule has 0 N–H and O–H groups in total. The lowest BCUT2D eigenvalue weighted by Crippen LogP contribution is -2.36. The van der Waals surface area contributed by atoms with Crippen LogP contribution in [0.5, 0.6) is 0 Å². The normalized spacial score (nSPS) is 16.4. The molecule has 4 rings (SSSR count). The Morgan fingerprint density at radius 1 is 1.07 bits per heavy atom. The average Bonchev–Trinajstić information content (AvgIpc) is 3.20. The van der Waals surface area contributed by atoms with Crippen molar-refractivity contribution in [3.63, 3.8) is 0 Å². The largest absolute Gasteiger partial charge is 0.349 e. The Morgan fingerprint density at radius 3 is 2.63 bits per heavy atom. The molecule has 1 aliphatic carbocycles. The molecule has 0 saturated carbocycles. The van der Waals surface area contributed by atoms with E-state index in [4.69, 9.17) is 0 Å². The monoisotopic (exact) mass is 384 g/mol. The second-order valence-electron chi connectivity index (χ2n) is 7.15. The number of piperidine rings is 1. The Hall–Kier alpha value is -2.15. The Morgan fingerprint density at radius 2 is 1.85 bits per heavy atom. The van der Waals surface area contributed by atoms with Gasteiger partial charge in [-0.1, -0.05) is 11.8 Å². The number of nitrogens with zero attached hydrogens (tertiary/aromatic N) is 4. The number of aromatic nitrogens is 3. The highest BCUT2D eigenvalue weighted by Crippen LogP contribution is 2.29. The summed E-state index contributed by atoms with van der Waals surface area (Å²) >= 11 is 1.43. The van der Waals surface area contributed by atoms with Crippen LogP contribution in [0.3, 0.4) is 0 Å². The number of rotatable bonds is 5. The van der Waals surface area contributed by atoms with Gasteiger partial charge in [-0.05, 0) is 56.2 Å². The highest BCUT2D eigenvalue weighted by atomic mass is 32.2. The summed E-state index contributed by atoms with van der Waals surface area (Å²) in [6.45, 7) is 2.24. The van der Waals surface area contributed by atoms with Gasteiger partial charge in [0, 0.05) is 36.7 Å². The van der Waals surface area contributed by atoms with E-state index in [1.165, 1.54) is 18.2 Å². The van der Waals surface area contributed by atoms with E-state index in [1.54, 1.807) is 17.0 Å². The van der Waals surface area contributed by atoms with Crippen LogP contribution in [0.25, 0.3) is 0 Å². The Bertz CT molecular complexity index is 876. The zero-order valence-corrected chi connectivity index (χ0v) is 16.2. The minimum Gasteiger partial charge on any atom is -0.342 e. The van der Waals surface area contributed by atoms with Crippen LogP contribution in [-0.2, 0) is 24.2 Å². The lowest BCUT2D eigenvalue weighted by molar-refractivity contribution is -0.129. The smallest absolute Gasteiger partial charge is 0.342 e. The molecule has 6 nitrogen and oxygen atoms in total. The number of carbonyl (C=O) groups is 1. The Labute approximate surface area is 163 Å². The quantitative estimate of drug-likeness (QED) is 0.584. The van der Waals surface area contributed by atoms with Crippen LogP contribution in [0.2, 0.25) is 0 Å². The molecular formula is C20H24N4O2S. The average molecular weight is 385 g/mol. The van der Waals surface area contributed by atoms with Gasteiger partial charge in [0.15, 0.2) is 0 Å². The fourth-order valence-corrected chi connectivity index (χ4v) is 4.88. The van der Waals surface area contributed by atoms with Crippen molar-refractivity contribution >= 4 is 17.7 Å². The lowest BCUT2D eigenvalue weighted by Gasteiger charge is -2.26. The highest BCUT2D eigenvalue weighted by Gasteiger charge is 2.23. The van der Waals surface area contributed by atoms with Crippen molar-refractivity contribution in [1.82, 2.24) is 19.4 Å². The molecule has 0 radical (unpaired) electrons. The van der Waals surface area contributed by atoms with Gasteiger partial charge >= 0.3 is 5.69 Å². The zero-order valence-electron chi connectivity index (χ0n) is 15.4. The van der Waals surface area contributed by atoms with Crippen LogP contribution in [0, 0.1) is 0 Å². The van der Waals surface area contributed by atoms with E-state index in [1.807, 2.05) is 17.0 Å². The Balaban J connectivity index is 1.52. The maximum atomic E-state index is 12.7.